The lowest BCUT2D eigenvalue weighted by atomic mass is 10.3. The van der Waals surface area contributed by atoms with Gasteiger partial charge in [0.05, 0.1) is 0 Å². The van der Waals surface area contributed by atoms with Crippen LogP contribution in [0.4, 0.5) is 11.6 Å². The maximum atomic E-state index is 11.3. The first-order valence-electron chi connectivity index (χ1n) is 6.63. The van der Waals surface area contributed by atoms with Gasteiger partial charge in [0.2, 0.25) is 5.91 Å². The van der Waals surface area contributed by atoms with Crippen LogP contribution in [0.15, 0.2) is 6.07 Å². The minimum atomic E-state index is 0.00919. The number of aromatic nitrogens is 2. The van der Waals surface area contributed by atoms with Crippen LogP contribution in [0.25, 0.3) is 0 Å². The molecule has 7 nitrogen and oxygen atoms in total. The fourth-order valence-electron chi connectivity index (χ4n) is 1.65. The molecule has 0 spiro atoms. The third-order valence-corrected chi connectivity index (χ3v) is 2.73. The Morgan fingerprint density at radius 1 is 1.45 bits per heavy atom. The standard InChI is InChI=1S/C13H23N5O2/c1-5-15-10-8-12(17-11(16-10)9-20-4)18(3)7-6-13(19)14-2/h8H,5-7,9H2,1-4H3,(H,14,19)(H,15,16,17). The van der Waals surface area contributed by atoms with Crippen molar-refractivity contribution in [2.75, 3.05) is 44.5 Å². The number of methoxy groups -OCH3 is 1. The number of nitrogens with one attached hydrogen (secondary N) is 2. The summed E-state index contributed by atoms with van der Waals surface area (Å²) in [5.74, 6) is 2.16. The monoisotopic (exact) mass is 281 g/mol. The molecule has 0 aliphatic carbocycles. The summed E-state index contributed by atoms with van der Waals surface area (Å²) in [5.41, 5.74) is 0. The van der Waals surface area contributed by atoms with Crippen LogP contribution in [0.1, 0.15) is 19.2 Å². The number of nitrogens with zero attached hydrogens (tertiary/aromatic N) is 3. The van der Waals surface area contributed by atoms with Gasteiger partial charge < -0.3 is 20.3 Å². The zero-order valence-electron chi connectivity index (χ0n) is 12.6. The predicted molar refractivity (Wildman–Crippen MR) is 78.9 cm³/mol. The first-order chi connectivity index (χ1) is 9.60. The second kappa shape index (κ2) is 8.31. The van der Waals surface area contributed by atoms with Crippen LogP contribution in [0.3, 0.4) is 0 Å². The third-order valence-electron chi connectivity index (χ3n) is 2.73. The summed E-state index contributed by atoms with van der Waals surface area (Å²) in [5, 5.41) is 5.77. The number of amides is 1. The van der Waals surface area contributed by atoms with Crippen molar-refractivity contribution in [3.05, 3.63) is 11.9 Å². The van der Waals surface area contributed by atoms with Gasteiger partial charge in [0.15, 0.2) is 5.82 Å². The van der Waals surface area contributed by atoms with Crippen molar-refractivity contribution in [1.29, 1.82) is 0 Å². The highest BCUT2D eigenvalue weighted by Crippen LogP contribution is 2.15. The Balaban J connectivity index is 2.82. The lowest BCUT2D eigenvalue weighted by Gasteiger charge is -2.19. The fourth-order valence-corrected chi connectivity index (χ4v) is 1.65. The van der Waals surface area contributed by atoms with Gasteiger partial charge in [-0.2, -0.15) is 0 Å². The fraction of sp³-hybridized carbons (Fsp3) is 0.615. The maximum Gasteiger partial charge on any atom is 0.221 e. The Morgan fingerprint density at radius 2 is 2.20 bits per heavy atom. The quantitative estimate of drug-likeness (QED) is 0.727. The molecule has 0 fully saturated rings. The highest BCUT2D eigenvalue weighted by molar-refractivity contribution is 5.76. The van der Waals surface area contributed by atoms with Gasteiger partial charge in [-0.05, 0) is 6.92 Å². The Labute approximate surface area is 119 Å². The zero-order chi connectivity index (χ0) is 15.0. The average Bonchev–Trinajstić information content (AvgIpc) is 2.44. The van der Waals surface area contributed by atoms with Gasteiger partial charge >= 0.3 is 0 Å². The minimum Gasteiger partial charge on any atom is -0.377 e. The molecule has 0 unspecified atom stereocenters. The Kier molecular flexibility index (Phi) is 6.72. The number of carbonyl (C=O) groups is 1. The average molecular weight is 281 g/mol. The predicted octanol–water partition coefficient (Wildman–Crippen LogP) is 0.627. The summed E-state index contributed by atoms with van der Waals surface area (Å²) in [6.45, 7) is 3.74. The van der Waals surface area contributed by atoms with Crippen molar-refractivity contribution in [3.8, 4) is 0 Å². The van der Waals surface area contributed by atoms with Gasteiger partial charge in [-0.3, -0.25) is 4.79 Å². The van der Waals surface area contributed by atoms with Gasteiger partial charge in [-0.25, -0.2) is 9.97 Å². The lowest BCUT2D eigenvalue weighted by Crippen LogP contribution is -2.27. The van der Waals surface area contributed by atoms with E-state index in [-0.39, 0.29) is 5.91 Å². The number of ether oxygens (including phenoxy) is 1. The molecule has 112 valence electrons. The van der Waals surface area contributed by atoms with Crippen molar-refractivity contribution in [3.63, 3.8) is 0 Å². The second-order valence-electron chi connectivity index (χ2n) is 4.34. The molecule has 0 atom stereocenters. The summed E-state index contributed by atoms with van der Waals surface area (Å²) in [4.78, 5) is 22.0. The number of hydrogen-bond acceptors (Lipinski definition) is 6. The molecule has 1 aromatic heterocycles. The summed E-state index contributed by atoms with van der Waals surface area (Å²) in [7, 11) is 5.14. The summed E-state index contributed by atoms with van der Waals surface area (Å²) < 4.78 is 5.08. The first kappa shape index (κ1) is 16.2. The molecule has 0 saturated heterocycles. The van der Waals surface area contributed by atoms with Crippen LogP contribution >= 0.6 is 0 Å². The van der Waals surface area contributed by atoms with Crippen molar-refractivity contribution < 1.29 is 9.53 Å². The number of carbonyl (C=O) groups excluding carboxylic acids is 1. The Morgan fingerprint density at radius 3 is 2.80 bits per heavy atom. The van der Waals surface area contributed by atoms with Gasteiger partial charge in [0, 0.05) is 46.8 Å². The minimum absolute atomic E-state index is 0.00919. The molecular formula is C13H23N5O2. The van der Waals surface area contributed by atoms with E-state index >= 15 is 0 Å². The molecule has 0 aliphatic rings. The van der Waals surface area contributed by atoms with Gasteiger partial charge in [-0.15, -0.1) is 0 Å². The highest BCUT2D eigenvalue weighted by Gasteiger charge is 2.09. The molecule has 0 aromatic carbocycles. The number of anilines is 2. The van der Waals surface area contributed by atoms with E-state index in [2.05, 4.69) is 20.6 Å². The molecule has 1 rings (SSSR count). The Bertz CT molecular complexity index is 415. The van der Waals surface area contributed by atoms with Gasteiger partial charge in [-0.1, -0.05) is 0 Å². The van der Waals surface area contributed by atoms with Crippen molar-refractivity contribution in [2.45, 2.75) is 20.0 Å². The van der Waals surface area contributed by atoms with Crippen molar-refractivity contribution >= 4 is 17.5 Å². The molecule has 0 radical (unpaired) electrons. The molecule has 0 aliphatic heterocycles. The zero-order valence-corrected chi connectivity index (χ0v) is 12.6. The normalized spacial score (nSPS) is 10.2. The van der Waals surface area contributed by atoms with E-state index in [1.807, 2.05) is 24.9 Å². The van der Waals surface area contributed by atoms with Gasteiger partial charge in [0.1, 0.15) is 18.2 Å². The third kappa shape index (κ3) is 5.00. The molecule has 0 bridgehead atoms. The maximum absolute atomic E-state index is 11.3. The highest BCUT2D eigenvalue weighted by atomic mass is 16.5. The van der Waals surface area contributed by atoms with E-state index in [1.54, 1.807) is 14.2 Å². The van der Waals surface area contributed by atoms with Crippen molar-refractivity contribution in [1.82, 2.24) is 15.3 Å². The molecule has 7 heteroatoms. The van der Waals surface area contributed by atoms with E-state index in [4.69, 9.17) is 4.74 Å². The summed E-state index contributed by atoms with van der Waals surface area (Å²) in [6, 6.07) is 1.87. The van der Waals surface area contributed by atoms with Crippen LogP contribution in [-0.2, 0) is 16.1 Å². The smallest absolute Gasteiger partial charge is 0.221 e. The van der Waals surface area contributed by atoms with Crippen LogP contribution in [0.5, 0.6) is 0 Å². The second-order valence-corrected chi connectivity index (χ2v) is 4.34. The van der Waals surface area contributed by atoms with E-state index < -0.39 is 0 Å². The first-order valence-corrected chi connectivity index (χ1v) is 6.63. The van der Waals surface area contributed by atoms with E-state index in [0.29, 0.717) is 25.4 Å². The lowest BCUT2D eigenvalue weighted by molar-refractivity contribution is -0.120. The van der Waals surface area contributed by atoms with Gasteiger partial charge in [0.25, 0.3) is 0 Å². The molecule has 1 heterocycles. The molecule has 1 amide bonds. The molecule has 20 heavy (non-hydrogen) atoms. The van der Waals surface area contributed by atoms with Crippen LogP contribution in [0.2, 0.25) is 0 Å². The Hall–Kier alpha value is -1.89. The van der Waals surface area contributed by atoms with Crippen LogP contribution < -0.4 is 15.5 Å². The number of rotatable bonds is 8. The SMILES string of the molecule is CCNc1cc(N(C)CCC(=O)NC)nc(COC)n1. The topological polar surface area (TPSA) is 79.4 Å². The van der Waals surface area contributed by atoms with E-state index in [0.717, 1.165) is 18.2 Å². The van der Waals surface area contributed by atoms with E-state index in [1.165, 1.54) is 0 Å². The van der Waals surface area contributed by atoms with Crippen LogP contribution in [0, 0.1) is 0 Å². The largest absolute Gasteiger partial charge is 0.377 e. The van der Waals surface area contributed by atoms with E-state index in [9.17, 15) is 4.79 Å². The molecule has 1 aromatic rings. The van der Waals surface area contributed by atoms with Crippen LogP contribution in [-0.4, -0.2) is 50.2 Å². The molecular weight excluding hydrogens is 258 g/mol. The van der Waals surface area contributed by atoms with Crippen molar-refractivity contribution in [2.24, 2.45) is 0 Å². The molecule has 2 N–H and O–H groups in total. The summed E-state index contributed by atoms with van der Waals surface area (Å²) >= 11 is 0. The summed E-state index contributed by atoms with van der Waals surface area (Å²) in [6.07, 6.45) is 0.424. The molecule has 0 saturated carbocycles. The number of hydrogen-bond donors (Lipinski definition) is 2.